The van der Waals surface area contributed by atoms with Gasteiger partial charge in [-0.05, 0) is 116 Å². The number of aryl methyl sites for hydroxylation is 2. The van der Waals surface area contributed by atoms with E-state index in [4.69, 9.17) is 14.2 Å². The molecule has 1 aromatic carbocycles. The summed E-state index contributed by atoms with van der Waals surface area (Å²) in [5, 5.41) is 3.20. The average molecular weight is 592 g/mol. The highest BCUT2D eigenvalue weighted by molar-refractivity contribution is 6.00. The fourth-order valence-electron chi connectivity index (χ4n) is 7.98. The van der Waals surface area contributed by atoms with Gasteiger partial charge in [-0.15, -0.1) is 0 Å². The number of hydrogen-bond donors (Lipinski definition) is 2. The maximum Gasteiger partial charge on any atom is 0.408 e. The maximum absolute atomic E-state index is 14.0. The van der Waals surface area contributed by atoms with Crippen LogP contribution in [0.5, 0.6) is 11.5 Å². The van der Waals surface area contributed by atoms with Crippen LogP contribution in [0.1, 0.15) is 110 Å². The minimum Gasteiger partial charge on any atom is -0.448 e. The number of aromatic amines is 1. The molecule has 5 aliphatic rings. The van der Waals surface area contributed by atoms with Crippen LogP contribution in [-0.4, -0.2) is 45.4 Å². The van der Waals surface area contributed by atoms with Gasteiger partial charge in [0.15, 0.2) is 11.5 Å². The number of pyridine rings is 1. The van der Waals surface area contributed by atoms with Gasteiger partial charge in [-0.3, -0.25) is 9.59 Å². The van der Waals surface area contributed by atoms with Gasteiger partial charge < -0.3 is 29.4 Å². The average Bonchev–Trinajstić information content (AvgIpc) is 3.29. The monoisotopic (exact) mass is 591 g/mol. The highest BCUT2D eigenvalue weighted by Crippen LogP contribution is 2.62. The summed E-state index contributed by atoms with van der Waals surface area (Å²) in [7, 11) is 0. The third-order valence-electron chi connectivity index (χ3n) is 10.6. The minimum absolute atomic E-state index is 0.0762. The van der Waals surface area contributed by atoms with E-state index in [1.807, 2.05) is 61.5 Å². The summed E-state index contributed by atoms with van der Waals surface area (Å²) in [6.45, 7) is 16.2. The van der Waals surface area contributed by atoms with E-state index in [-0.39, 0.29) is 35.1 Å². The minimum atomic E-state index is -0.873. The standard InChI is InChI=1S/C34H45N3O6/c1-19-17-20(2)35-28(38)24(19)18-37-16-9-23-21(3)26-27(22(4)25(23)29(37)39)42-32(8,41-26)33-10-13-34(14-11-33,15-12-33)36-30(40)43-31(5,6)7/h17H,9-16,18H2,1-8H3,(H,35,38)(H,36,40). The molecule has 9 heteroatoms. The summed E-state index contributed by atoms with van der Waals surface area (Å²) in [4.78, 5) is 43.9. The number of alkyl carbamates (subject to hydrolysis) is 1. The Morgan fingerprint density at radius 3 is 2.19 bits per heavy atom. The fourth-order valence-corrected chi connectivity index (χ4v) is 7.98. The third-order valence-corrected chi connectivity index (χ3v) is 10.6. The Balaban J connectivity index is 1.24. The first-order valence-corrected chi connectivity index (χ1v) is 15.6. The number of benzene rings is 1. The number of H-pyrrole nitrogens is 1. The lowest BCUT2D eigenvalue weighted by molar-refractivity contribution is -0.203. The topological polar surface area (TPSA) is 110 Å². The number of nitrogens with one attached hydrogen (secondary N) is 2. The second kappa shape index (κ2) is 9.76. The van der Waals surface area contributed by atoms with Gasteiger partial charge in [0.05, 0.1) is 6.54 Å². The van der Waals surface area contributed by atoms with Crippen LogP contribution in [0.2, 0.25) is 0 Å². The quantitative estimate of drug-likeness (QED) is 0.457. The van der Waals surface area contributed by atoms with Crippen molar-refractivity contribution in [3.8, 4) is 11.5 Å². The van der Waals surface area contributed by atoms with Gasteiger partial charge in [-0.2, -0.15) is 0 Å². The molecule has 3 aliphatic carbocycles. The van der Waals surface area contributed by atoms with Crippen LogP contribution in [0.3, 0.4) is 0 Å². The summed E-state index contributed by atoms with van der Waals surface area (Å²) in [6.07, 6.45) is 5.44. The van der Waals surface area contributed by atoms with Gasteiger partial charge in [0, 0.05) is 46.8 Å². The molecule has 7 rings (SSSR count). The molecule has 2 amide bonds. The zero-order chi connectivity index (χ0) is 31.1. The van der Waals surface area contributed by atoms with Crippen LogP contribution in [0.25, 0.3) is 0 Å². The summed E-state index contributed by atoms with van der Waals surface area (Å²) < 4.78 is 19.2. The van der Waals surface area contributed by atoms with Crippen molar-refractivity contribution in [2.75, 3.05) is 6.54 Å². The van der Waals surface area contributed by atoms with Crippen LogP contribution in [0.15, 0.2) is 10.9 Å². The lowest BCUT2D eigenvalue weighted by atomic mass is 9.54. The predicted molar refractivity (Wildman–Crippen MR) is 163 cm³/mol. The summed E-state index contributed by atoms with van der Waals surface area (Å²) in [5.74, 6) is 0.451. The Hall–Kier alpha value is -3.49. The first-order chi connectivity index (χ1) is 20.1. The molecule has 3 saturated carbocycles. The largest absolute Gasteiger partial charge is 0.448 e. The van der Waals surface area contributed by atoms with E-state index in [0.717, 1.165) is 72.2 Å². The van der Waals surface area contributed by atoms with E-state index in [2.05, 4.69) is 10.3 Å². The molecule has 2 bridgehead atoms. The molecule has 3 fully saturated rings. The Morgan fingerprint density at radius 1 is 1.00 bits per heavy atom. The van der Waals surface area contributed by atoms with E-state index >= 15 is 0 Å². The first kappa shape index (κ1) is 29.6. The van der Waals surface area contributed by atoms with Crippen molar-refractivity contribution < 1.29 is 23.8 Å². The van der Waals surface area contributed by atoms with Crippen molar-refractivity contribution in [2.45, 2.75) is 124 Å². The van der Waals surface area contributed by atoms with Gasteiger partial charge in [0.25, 0.3) is 17.3 Å². The number of nitrogens with zero attached hydrogens (tertiary/aromatic N) is 1. The number of aromatic nitrogens is 1. The molecular formula is C34H45N3O6. The summed E-state index contributed by atoms with van der Waals surface area (Å²) in [5.41, 5.74) is 4.60. The van der Waals surface area contributed by atoms with Gasteiger partial charge in [0.2, 0.25) is 0 Å². The Morgan fingerprint density at radius 2 is 1.60 bits per heavy atom. The fraction of sp³-hybridized carbons (Fsp3) is 0.618. The zero-order valence-electron chi connectivity index (χ0n) is 26.8. The molecule has 232 valence electrons. The SMILES string of the molecule is Cc1cc(C)c(CN2CCc3c(C)c4c(c(C)c3C2=O)OC(C)(C23CCC(NC(=O)OC(C)(C)C)(CC2)CC3)O4)c(=O)[nH]1. The second-order valence-electron chi connectivity index (χ2n) is 14.5. The molecule has 1 aromatic heterocycles. The molecule has 9 nitrogen and oxygen atoms in total. The molecule has 1 atom stereocenters. The number of carbonyl (C=O) groups is 2. The smallest absolute Gasteiger partial charge is 0.408 e. The molecule has 0 spiro atoms. The molecule has 2 aromatic rings. The van der Waals surface area contributed by atoms with Crippen molar-refractivity contribution >= 4 is 12.0 Å². The van der Waals surface area contributed by atoms with Crippen LogP contribution in [0, 0.1) is 33.1 Å². The molecule has 0 radical (unpaired) electrons. The second-order valence-corrected chi connectivity index (χ2v) is 14.5. The molecule has 2 N–H and O–H groups in total. The Labute approximate surface area is 253 Å². The van der Waals surface area contributed by atoms with Crippen LogP contribution in [-0.2, 0) is 17.7 Å². The molecule has 0 saturated heterocycles. The molecule has 43 heavy (non-hydrogen) atoms. The van der Waals surface area contributed by atoms with E-state index in [0.29, 0.717) is 29.8 Å². The van der Waals surface area contributed by atoms with E-state index in [9.17, 15) is 14.4 Å². The normalized spacial score (nSPS) is 27.7. The molecule has 2 aliphatic heterocycles. The highest BCUT2D eigenvalue weighted by Gasteiger charge is 2.62. The molecular weight excluding hydrogens is 546 g/mol. The van der Waals surface area contributed by atoms with Crippen LogP contribution < -0.4 is 20.3 Å². The van der Waals surface area contributed by atoms with Crippen LogP contribution in [0.4, 0.5) is 4.79 Å². The van der Waals surface area contributed by atoms with Crippen molar-refractivity contribution in [3.63, 3.8) is 0 Å². The Kier molecular flexibility index (Phi) is 6.71. The molecule has 1 unspecified atom stereocenters. The zero-order valence-corrected chi connectivity index (χ0v) is 26.8. The summed E-state index contributed by atoms with van der Waals surface area (Å²) in [6, 6.07) is 1.95. The number of hydrogen-bond acceptors (Lipinski definition) is 6. The van der Waals surface area contributed by atoms with Gasteiger partial charge >= 0.3 is 6.09 Å². The molecule has 3 heterocycles. The number of rotatable bonds is 4. The number of carbonyl (C=O) groups excluding carboxylic acids is 2. The lowest BCUT2D eigenvalue weighted by Crippen LogP contribution is -2.64. The van der Waals surface area contributed by atoms with Gasteiger partial charge in [-0.1, -0.05) is 0 Å². The number of fused-ring (bicyclic) bond motifs is 5. The third kappa shape index (κ3) is 4.79. The van der Waals surface area contributed by atoms with Crippen molar-refractivity contribution in [1.82, 2.24) is 15.2 Å². The van der Waals surface area contributed by atoms with Crippen molar-refractivity contribution in [3.05, 3.63) is 55.5 Å². The van der Waals surface area contributed by atoms with E-state index < -0.39 is 11.4 Å². The van der Waals surface area contributed by atoms with Crippen molar-refractivity contribution in [1.29, 1.82) is 0 Å². The highest BCUT2D eigenvalue weighted by atomic mass is 16.7. The van der Waals surface area contributed by atoms with Gasteiger partial charge in [0.1, 0.15) is 5.60 Å². The number of ether oxygens (including phenoxy) is 3. The lowest BCUT2D eigenvalue weighted by Gasteiger charge is -2.57. The van der Waals surface area contributed by atoms with Crippen LogP contribution >= 0.6 is 0 Å². The first-order valence-electron chi connectivity index (χ1n) is 15.6. The predicted octanol–water partition coefficient (Wildman–Crippen LogP) is 5.91. The van der Waals surface area contributed by atoms with E-state index in [1.165, 1.54) is 0 Å². The number of amides is 2. The summed E-state index contributed by atoms with van der Waals surface area (Å²) >= 11 is 0. The maximum atomic E-state index is 14.0. The Bertz CT molecular complexity index is 1560. The van der Waals surface area contributed by atoms with E-state index in [1.54, 1.807) is 4.90 Å². The van der Waals surface area contributed by atoms with Gasteiger partial charge in [-0.25, -0.2) is 4.79 Å². The van der Waals surface area contributed by atoms with Crippen molar-refractivity contribution in [2.24, 2.45) is 5.41 Å².